The van der Waals surface area contributed by atoms with Gasteiger partial charge in [-0.15, -0.1) is 0 Å². The summed E-state index contributed by atoms with van der Waals surface area (Å²) in [4.78, 5) is 12.0. The lowest BCUT2D eigenvalue weighted by Crippen LogP contribution is -2.57. The van der Waals surface area contributed by atoms with Crippen molar-refractivity contribution in [1.29, 1.82) is 0 Å². The highest BCUT2D eigenvalue weighted by atomic mass is 16.5. The highest BCUT2D eigenvalue weighted by Crippen LogP contribution is 2.41. The molecule has 0 amide bonds. The number of aromatic nitrogens is 3. The maximum atomic E-state index is 9.67. The van der Waals surface area contributed by atoms with E-state index in [4.69, 9.17) is 10.5 Å². The molecule has 1 aliphatic rings. The molecule has 0 aliphatic heterocycles. The molecule has 2 unspecified atom stereocenters. The average Bonchev–Trinajstić information content (AvgIpc) is 2.28. The molecule has 4 N–H and O–H groups in total. The highest BCUT2D eigenvalue weighted by Gasteiger charge is 2.47. The third kappa shape index (κ3) is 2.31. The Morgan fingerprint density at radius 2 is 2.17 bits per heavy atom. The Morgan fingerprint density at radius 3 is 2.72 bits per heavy atom. The summed E-state index contributed by atoms with van der Waals surface area (Å²) in [5.41, 5.74) is 5.39. The van der Waals surface area contributed by atoms with Gasteiger partial charge >= 0.3 is 6.01 Å². The van der Waals surface area contributed by atoms with Gasteiger partial charge in [-0.05, 0) is 13.3 Å². The van der Waals surface area contributed by atoms with Gasteiger partial charge < -0.3 is 20.9 Å². The minimum absolute atomic E-state index is 0.115. The molecule has 2 atom stereocenters. The van der Waals surface area contributed by atoms with E-state index in [9.17, 15) is 5.11 Å². The molecule has 0 saturated heterocycles. The molecule has 7 heteroatoms. The van der Waals surface area contributed by atoms with Gasteiger partial charge in [0.2, 0.25) is 11.9 Å². The van der Waals surface area contributed by atoms with E-state index in [0.29, 0.717) is 19.0 Å². The van der Waals surface area contributed by atoms with Crippen LogP contribution in [0.25, 0.3) is 0 Å². The van der Waals surface area contributed by atoms with Crippen LogP contribution in [-0.2, 0) is 0 Å². The number of nitrogens with one attached hydrogen (secondary N) is 1. The zero-order chi connectivity index (χ0) is 13.3. The maximum absolute atomic E-state index is 9.67. The van der Waals surface area contributed by atoms with Gasteiger partial charge in [-0.2, -0.15) is 15.0 Å². The smallest absolute Gasteiger partial charge is 0.323 e. The second-order valence-electron chi connectivity index (χ2n) is 5.00. The molecule has 0 spiro atoms. The molecule has 0 aromatic carbocycles. The zero-order valence-electron chi connectivity index (χ0n) is 10.8. The second kappa shape index (κ2) is 4.56. The number of ether oxygens (including phenoxy) is 1. The first kappa shape index (κ1) is 12.8. The molecular formula is C11H19N5O2. The number of aliphatic hydroxyl groups excluding tert-OH is 1. The Labute approximate surface area is 106 Å². The molecule has 1 heterocycles. The molecule has 1 fully saturated rings. The minimum atomic E-state index is -0.305. The molecule has 100 valence electrons. The Morgan fingerprint density at radius 1 is 1.44 bits per heavy atom. The number of anilines is 2. The van der Waals surface area contributed by atoms with E-state index in [1.165, 1.54) is 0 Å². The van der Waals surface area contributed by atoms with E-state index in [2.05, 4.69) is 20.3 Å². The number of aliphatic hydroxyl groups is 1. The zero-order valence-corrected chi connectivity index (χ0v) is 10.8. The molecular weight excluding hydrogens is 234 g/mol. The molecule has 7 nitrogen and oxygen atoms in total. The van der Waals surface area contributed by atoms with Crippen LogP contribution in [0.4, 0.5) is 11.9 Å². The fraction of sp³-hybridized carbons (Fsp3) is 0.727. The largest absolute Gasteiger partial charge is 0.464 e. The molecule has 0 radical (unpaired) electrons. The van der Waals surface area contributed by atoms with Crippen molar-refractivity contribution in [2.24, 2.45) is 5.41 Å². The van der Waals surface area contributed by atoms with E-state index < -0.39 is 0 Å². The summed E-state index contributed by atoms with van der Waals surface area (Å²) in [6.07, 6.45) is 0.364. The number of nitrogens with two attached hydrogens (primary N) is 1. The van der Waals surface area contributed by atoms with Gasteiger partial charge in [0.05, 0.1) is 12.7 Å². The molecule has 0 bridgehead atoms. The van der Waals surface area contributed by atoms with Crippen molar-refractivity contribution >= 4 is 11.9 Å². The maximum Gasteiger partial charge on any atom is 0.323 e. The molecule has 1 aromatic heterocycles. The van der Waals surface area contributed by atoms with Crippen molar-refractivity contribution < 1.29 is 9.84 Å². The monoisotopic (exact) mass is 253 g/mol. The van der Waals surface area contributed by atoms with Gasteiger partial charge in [0, 0.05) is 11.5 Å². The van der Waals surface area contributed by atoms with Crippen molar-refractivity contribution in [1.82, 2.24) is 15.0 Å². The van der Waals surface area contributed by atoms with Gasteiger partial charge in [0.1, 0.15) is 0 Å². The summed E-state index contributed by atoms with van der Waals surface area (Å²) < 4.78 is 5.20. The topological polar surface area (TPSA) is 106 Å². The Hall–Kier alpha value is -1.63. The summed E-state index contributed by atoms with van der Waals surface area (Å²) >= 11 is 0. The van der Waals surface area contributed by atoms with Crippen LogP contribution in [0, 0.1) is 5.41 Å². The predicted octanol–water partition coefficient (Wildman–Crippen LogP) is 0.424. The summed E-state index contributed by atoms with van der Waals surface area (Å²) in [6.45, 7) is 6.30. The van der Waals surface area contributed by atoms with E-state index in [-0.39, 0.29) is 29.5 Å². The van der Waals surface area contributed by atoms with Crippen molar-refractivity contribution in [3.8, 4) is 6.01 Å². The number of rotatable bonds is 4. The van der Waals surface area contributed by atoms with Gasteiger partial charge in [-0.25, -0.2) is 0 Å². The van der Waals surface area contributed by atoms with Gasteiger partial charge in [-0.1, -0.05) is 13.8 Å². The highest BCUT2D eigenvalue weighted by molar-refractivity contribution is 5.35. The molecule has 2 rings (SSSR count). The van der Waals surface area contributed by atoms with Crippen molar-refractivity contribution in [2.45, 2.75) is 39.3 Å². The first-order chi connectivity index (χ1) is 8.43. The Kier molecular flexibility index (Phi) is 3.25. The lowest BCUT2D eigenvalue weighted by Gasteiger charge is -2.49. The number of nitrogens with zero attached hydrogens (tertiary/aromatic N) is 3. The van der Waals surface area contributed by atoms with Crippen LogP contribution in [0.2, 0.25) is 0 Å². The average molecular weight is 253 g/mol. The van der Waals surface area contributed by atoms with Crippen molar-refractivity contribution in [3.05, 3.63) is 0 Å². The first-order valence-corrected chi connectivity index (χ1v) is 6.02. The third-order valence-electron chi connectivity index (χ3n) is 3.42. The fourth-order valence-corrected chi connectivity index (χ4v) is 1.93. The number of nitrogen functional groups attached to an aromatic ring is 1. The minimum Gasteiger partial charge on any atom is -0.464 e. The molecule has 1 aromatic rings. The normalized spacial score (nSPS) is 25.3. The number of hydrogen-bond donors (Lipinski definition) is 3. The summed E-state index contributed by atoms with van der Waals surface area (Å²) in [5, 5.41) is 12.8. The molecule has 18 heavy (non-hydrogen) atoms. The summed E-state index contributed by atoms with van der Waals surface area (Å²) in [6, 6.07) is 0.328. The standard InChI is InChI=1S/C11H19N5O2/c1-4-18-10-15-8(12)14-9(16-10)13-6-5-7(17)11(6,2)3/h6-7,17H,4-5H2,1-3H3,(H3,12,13,14,15,16). The Balaban J connectivity index is 2.10. The lowest BCUT2D eigenvalue weighted by molar-refractivity contribution is -0.0513. The van der Waals surface area contributed by atoms with Gasteiger partial charge in [0.25, 0.3) is 0 Å². The fourth-order valence-electron chi connectivity index (χ4n) is 1.93. The van der Waals surface area contributed by atoms with E-state index in [0.717, 1.165) is 0 Å². The van der Waals surface area contributed by atoms with E-state index in [1.54, 1.807) is 0 Å². The van der Waals surface area contributed by atoms with Crippen LogP contribution in [-0.4, -0.2) is 38.8 Å². The Bertz CT molecular complexity index is 437. The van der Waals surface area contributed by atoms with Crippen LogP contribution < -0.4 is 15.8 Å². The SMILES string of the molecule is CCOc1nc(N)nc(NC2CC(O)C2(C)C)n1. The van der Waals surface area contributed by atoms with Crippen LogP contribution >= 0.6 is 0 Å². The van der Waals surface area contributed by atoms with Crippen LogP contribution in [0.5, 0.6) is 6.01 Å². The third-order valence-corrected chi connectivity index (χ3v) is 3.42. The quantitative estimate of drug-likeness (QED) is 0.714. The summed E-state index contributed by atoms with van der Waals surface area (Å²) in [5.74, 6) is 0.504. The van der Waals surface area contributed by atoms with E-state index in [1.807, 2.05) is 20.8 Å². The van der Waals surface area contributed by atoms with E-state index >= 15 is 0 Å². The van der Waals surface area contributed by atoms with Crippen LogP contribution in [0.1, 0.15) is 27.2 Å². The number of hydrogen-bond acceptors (Lipinski definition) is 7. The first-order valence-electron chi connectivity index (χ1n) is 6.02. The second-order valence-corrected chi connectivity index (χ2v) is 5.00. The molecule has 1 aliphatic carbocycles. The van der Waals surface area contributed by atoms with Crippen molar-refractivity contribution in [3.63, 3.8) is 0 Å². The summed E-state index contributed by atoms with van der Waals surface area (Å²) in [7, 11) is 0. The van der Waals surface area contributed by atoms with Crippen molar-refractivity contribution in [2.75, 3.05) is 17.7 Å². The van der Waals surface area contributed by atoms with Crippen LogP contribution in [0.3, 0.4) is 0 Å². The van der Waals surface area contributed by atoms with Gasteiger partial charge in [-0.3, -0.25) is 0 Å². The molecule has 1 saturated carbocycles. The van der Waals surface area contributed by atoms with Crippen LogP contribution in [0.15, 0.2) is 0 Å². The lowest BCUT2D eigenvalue weighted by atomic mass is 9.65. The predicted molar refractivity (Wildman–Crippen MR) is 67.2 cm³/mol. The van der Waals surface area contributed by atoms with Gasteiger partial charge in [0.15, 0.2) is 0 Å².